The molecule has 0 aromatic carbocycles. The van der Waals surface area contributed by atoms with Crippen molar-refractivity contribution in [2.75, 3.05) is 18.0 Å². The SMILES string of the molecule is Cn1ccnc(N2CCC[C@H](NC(=O)c3cc(Cl)c[nH]3)C2)c1=O. The summed E-state index contributed by atoms with van der Waals surface area (Å²) < 4.78 is 1.51. The molecule has 3 heterocycles. The quantitative estimate of drug-likeness (QED) is 0.881. The van der Waals surface area contributed by atoms with Crippen LogP contribution in [0.5, 0.6) is 0 Å². The van der Waals surface area contributed by atoms with Crippen LogP contribution in [0.25, 0.3) is 0 Å². The Bertz CT molecular complexity index is 769. The number of H-pyrrole nitrogens is 1. The molecule has 0 unspecified atom stereocenters. The van der Waals surface area contributed by atoms with E-state index >= 15 is 0 Å². The summed E-state index contributed by atoms with van der Waals surface area (Å²) in [5.74, 6) is 0.231. The van der Waals surface area contributed by atoms with Gasteiger partial charge in [-0.05, 0) is 18.9 Å². The normalized spacial score (nSPS) is 18.0. The van der Waals surface area contributed by atoms with Crippen LogP contribution in [0.3, 0.4) is 0 Å². The summed E-state index contributed by atoms with van der Waals surface area (Å²) in [5.41, 5.74) is 0.302. The third-order valence-electron chi connectivity index (χ3n) is 3.95. The van der Waals surface area contributed by atoms with Crippen molar-refractivity contribution in [2.45, 2.75) is 18.9 Å². The third-order valence-corrected chi connectivity index (χ3v) is 4.17. The summed E-state index contributed by atoms with van der Waals surface area (Å²) in [4.78, 5) is 33.3. The van der Waals surface area contributed by atoms with Crippen molar-refractivity contribution in [3.63, 3.8) is 0 Å². The molecule has 2 aromatic heterocycles. The Morgan fingerprint density at radius 3 is 3.09 bits per heavy atom. The molecular formula is C15H18ClN5O2. The highest BCUT2D eigenvalue weighted by Crippen LogP contribution is 2.15. The van der Waals surface area contributed by atoms with Crippen molar-refractivity contribution in [3.8, 4) is 0 Å². The first-order valence-corrected chi connectivity index (χ1v) is 7.84. The first kappa shape index (κ1) is 15.6. The van der Waals surface area contributed by atoms with E-state index in [1.54, 1.807) is 31.7 Å². The Balaban J connectivity index is 1.70. The van der Waals surface area contributed by atoms with Gasteiger partial charge in [0.05, 0.1) is 5.02 Å². The summed E-state index contributed by atoms with van der Waals surface area (Å²) in [7, 11) is 1.70. The monoisotopic (exact) mass is 335 g/mol. The number of hydrogen-bond donors (Lipinski definition) is 2. The molecule has 1 fully saturated rings. The van der Waals surface area contributed by atoms with E-state index in [-0.39, 0.29) is 17.5 Å². The van der Waals surface area contributed by atoms with Gasteiger partial charge in [0.2, 0.25) is 0 Å². The number of anilines is 1. The van der Waals surface area contributed by atoms with Gasteiger partial charge < -0.3 is 19.8 Å². The molecule has 2 aromatic rings. The molecule has 0 aliphatic carbocycles. The second-order valence-electron chi connectivity index (χ2n) is 5.66. The van der Waals surface area contributed by atoms with E-state index in [9.17, 15) is 9.59 Å². The Kier molecular flexibility index (Phi) is 4.38. The number of halogens is 1. The first-order chi connectivity index (χ1) is 11.0. The molecule has 122 valence electrons. The minimum atomic E-state index is -0.197. The lowest BCUT2D eigenvalue weighted by Crippen LogP contribution is -2.49. The van der Waals surface area contributed by atoms with Gasteiger partial charge in [-0.2, -0.15) is 0 Å². The fourth-order valence-electron chi connectivity index (χ4n) is 2.75. The second-order valence-corrected chi connectivity index (χ2v) is 6.09. The minimum Gasteiger partial charge on any atom is -0.356 e. The van der Waals surface area contributed by atoms with Gasteiger partial charge in [-0.25, -0.2) is 4.98 Å². The smallest absolute Gasteiger partial charge is 0.293 e. The van der Waals surface area contributed by atoms with Crippen molar-refractivity contribution >= 4 is 23.3 Å². The highest BCUT2D eigenvalue weighted by molar-refractivity contribution is 6.30. The predicted octanol–water partition coefficient (Wildman–Crippen LogP) is 1.16. The average Bonchev–Trinajstić information content (AvgIpc) is 2.97. The van der Waals surface area contributed by atoms with Gasteiger partial charge in [0.1, 0.15) is 5.69 Å². The van der Waals surface area contributed by atoms with E-state index < -0.39 is 0 Å². The van der Waals surface area contributed by atoms with E-state index in [1.807, 2.05) is 4.90 Å². The number of carbonyl (C=O) groups excluding carboxylic acids is 1. The van der Waals surface area contributed by atoms with E-state index in [0.717, 1.165) is 19.4 Å². The summed E-state index contributed by atoms with van der Waals surface area (Å²) in [5, 5.41) is 3.47. The molecule has 0 spiro atoms. The summed E-state index contributed by atoms with van der Waals surface area (Å²) >= 11 is 5.82. The van der Waals surface area contributed by atoms with E-state index in [1.165, 1.54) is 4.57 Å². The molecule has 23 heavy (non-hydrogen) atoms. The van der Waals surface area contributed by atoms with Crippen LogP contribution < -0.4 is 15.8 Å². The summed E-state index contributed by atoms with van der Waals surface area (Å²) in [6, 6.07) is 1.55. The molecule has 1 saturated heterocycles. The molecule has 8 heteroatoms. The van der Waals surface area contributed by atoms with Crippen molar-refractivity contribution < 1.29 is 4.79 Å². The molecule has 3 rings (SSSR count). The highest BCUT2D eigenvalue weighted by Gasteiger charge is 2.24. The van der Waals surface area contributed by atoms with Crippen LogP contribution in [0.15, 0.2) is 29.5 Å². The van der Waals surface area contributed by atoms with Crippen molar-refractivity contribution in [2.24, 2.45) is 7.05 Å². The van der Waals surface area contributed by atoms with Gasteiger partial charge in [0.15, 0.2) is 5.82 Å². The molecule has 0 bridgehead atoms. The van der Waals surface area contributed by atoms with Gasteiger partial charge in [-0.1, -0.05) is 11.6 Å². The summed E-state index contributed by atoms with van der Waals surface area (Å²) in [6.45, 7) is 1.32. The predicted molar refractivity (Wildman–Crippen MR) is 88.0 cm³/mol. The Morgan fingerprint density at radius 2 is 2.35 bits per heavy atom. The number of piperidine rings is 1. The topological polar surface area (TPSA) is 83.0 Å². The lowest BCUT2D eigenvalue weighted by atomic mass is 10.1. The van der Waals surface area contributed by atoms with Crippen LogP contribution in [0.4, 0.5) is 5.82 Å². The van der Waals surface area contributed by atoms with Crippen LogP contribution in [0, 0.1) is 0 Å². The zero-order chi connectivity index (χ0) is 16.4. The standard InChI is InChI=1S/C15H18ClN5O2/c1-20-6-4-17-13(15(20)23)21-5-2-3-11(9-21)19-14(22)12-7-10(16)8-18-12/h4,6-8,11,18H,2-3,5,9H2,1H3,(H,19,22)/t11-/m0/s1. The summed E-state index contributed by atoms with van der Waals surface area (Å²) in [6.07, 6.45) is 6.56. The number of carbonyl (C=O) groups is 1. The maximum atomic E-state index is 12.2. The maximum Gasteiger partial charge on any atom is 0.293 e. The van der Waals surface area contributed by atoms with Crippen molar-refractivity contribution in [3.05, 3.63) is 45.7 Å². The van der Waals surface area contributed by atoms with Crippen LogP contribution in [0.1, 0.15) is 23.3 Å². The van der Waals surface area contributed by atoms with E-state index in [4.69, 9.17) is 11.6 Å². The molecule has 1 aliphatic heterocycles. The molecule has 1 aliphatic rings. The number of aromatic nitrogens is 3. The lowest BCUT2D eigenvalue weighted by molar-refractivity contribution is 0.0928. The fourth-order valence-corrected chi connectivity index (χ4v) is 2.91. The van der Waals surface area contributed by atoms with Gasteiger partial charge in [0.25, 0.3) is 11.5 Å². The first-order valence-electron chi connectivity index (χ1n) is 7.46. The minimum absolute atomic E-state index is 0.0370. The van der Waals surface area contributed by atoms with Gasteiger partial charge in [-0.15, -0.1) is 0 Å². The van der Waals surface area contributed by atoms with Crippen molar-refractivity contribution in [1.29, 1.82) is 0 Å². The number of hydrogen-bond acceptors (Lipinski definition) is 4. The average molecular weight is 336 g/mol. The van der Waals surface area contributed by atoms with Crippen LogP contribution in [0.2, 0.25) is 5.02 Å². The Morgan fingerprint density at radius 1 is 1.52 bits per heavy atom. The number of nitrogens with one attached hydrogen (secondary N) is 2. The molecule has 7 nitrogen and oxygen atoms in total. The molecule has 0 saturated carbocycles. The van der Waals surface area contributed by atoms with Gasteiger partial charge in [-0.3, -0.25) is 9.59 Å². The number of rotatable bonds is 3. The fraction of sp³-hybridized carbons (Fsp3) is 0.400. The van der Waals surface area contributed by atoms with E-state index in [2.05, 4.69) is 15.3 Å². The van der Waals surface area contributed by atoms with Gasteiger partial charge >= 0.3 is 0 Å². The van der Waals surface area contributed by atoms with Crippen molar-refractivity contribution in [1.82, 2.24) is 19.9 Å². The van der Waals surface area contributed by atoms with Crippen LogP contribution >= 0.6 is 11.6 Å². The molecule has 2 N–H and O–H groups in total. The van der Waals surface area contributed by atoms with Crippen LogP contribution in [-0.2, 0) is 7.05 Å². The van der Waals surface area contributed by atoms with E-state index in [0.29, 0.717) is 23.1 Å². The van der Waals surface area contributed by atoms with Crippen LogP contribution in [-0.4, -0.2) is 39.6 Å². The highest BCUT2D eigenvalue weighted by atomic mass is 35.5. The Hall–Kier alpha value is -2.28. The molecule has 1 atom stereocenters. The third kappa shape index (κ3) is 3.39. The molecule has 1 amide bonds. The molecular weight excluding hydrogens is 318 g/mol. The second kappa shape index (κ2) is 6.45. The van der Waals surface area contributed by atoms with Gasteiger partial charge in [0, 0.05) is 44.8 Å². The molecule has 0 radical (unpaired) electrons. The zero-order valence-corrected chi connectivity index (χ0v) is 13.5. The number of nitrogens with zero attached hydrogens (tertiary/aromatic N) is 3. The number of aryl methyl sites for hydroxylation is 1. The lowest BCUT2D eigenvalue weighted by Gasteiger charge is -2.33. The Labute approximate surface area is 138 Å². The number of aromatic amines is 1. The number of amides is 1. The zero-order valence-electron chi connectivity index (χ0n) is 12.8. The maximum absolute atomic E-state index is 12.2. The largest absolute Gasteiger partial charge is 0.356 e.